The van der Waals surface area contributed by atoms with Crippen LogP contribution in [-0.2, 0) is 11.8 Å². The van der Waals surface area contributed by atoms with Crippen molar-refractivity contribution in [3.8, 4) is 5.69 Å². The van der Waals surface area contributed by atoms with Crippen LogP contribution in [0.3, 0.4) is 0 Å². The van der Waals surface area contributed by atoms with Gasteiger partial charge in [0.1, 0.15) is 0 Å². The number of fused-ring (bicyclic) bond motifs is 2. The average molecular weight is 349 g/mol. The largest absolute Gasteiger partial charge is 0.339 e. The molecule has 0 aliphatic carbocycles. The van der Waals surface area contributed by atoms with Crippen LogP contribution in [0.4, 0.5) is 0 Å². The molecule has 0 amide bonds. The number of rotatable bonds is 4. The molecule has 3 aromatic rings. The van der Waals surface area contributed by atoms with Crippen molar-refractivity contribution in [2.75, 3.05) is 19.6 Å². The molecule has 134 valence electrons. The number of benzene rings is 1. The second kappa shape index (κ2) is 6.36. The standard InChI is InChI=1S/C20H23N5O/c1-8-20(9-2-12-24(11-1)15-20)19-22-18(23-26-19)14-16-4-6-17(7-5-16)25-13-3-10-21-25/h3-7,10,13H,1-2,8-9,11-12,14-15H2. The molecule has 1 aromatic carbocycles. The minimum Gasteiger partial charge on any atom is -0.339 e. The average Bonchev–Trinajstić information content (AvgIpc) is 3.35. The molecule has 0 saturated carbocycles. The highest BCUT2D eigenvalue weighted by molar-refractivity contribution is 5.34. The minimum absolute atomic E-state index is 0.0890. The van der Waals surface area contributed by atoms with Gasteiger partial charge < -0.3 is 9.42 Å². The second-order valence-electron chi connectivity index (χ2n) is 7.57. The van der Waals surface area contributed by atoms with Crippen LogP contribution in [-0.4, -0.2) is 44.5 Å². The van der Waals surface area contributed by atoms with E-state index in [-0.39, 0.29) is 5.41 Å². The van der Waals surface area contributed by atoms with Gasteiger partial charge in [-0.1, -0.05) is 17.3 Å². The highest BCUT2D eigenvalue weighted by Gasteiger charge is 2.43. The zero-order chi connectivity index (χ0) is 17.4. The topological polar surface area (TPSA) is 60.0 Å². The third-order valence-electron chi connectivity index (χ3n) is 5.77. The minimum atomic E-state index is 0.0890. The fourth-order valence-corrected chi connectivity index (χ4v) is 4.46. The number of hydrogen-bond acceptors (Lipinski definition) is 5. The maximum Gasteiger partial charge on any atom is 0.234 e. The summed E-state index contributed by atoms with van der Waals surface area (Å²) < 4.78 is 7.59. The third kappa shape index (κ3) is 2.84. The van der Waals surface area contributed by atoms with Gasteiger partial charge in [0.2, 0.25) is 5.89 Å². The number of hydrogen-bond donors (Lipinski definition) is 0. The summed E-state index contributed by atoms with van der Waals surface area (Å²) in [5.41, 5.74) is 2.32. The second-order valence-corrected chi connectivity index (χ2v) is 7.57. The molecule has 2 aromatic heterocycles. The van der Waals surface area contributed by atoms with Crippen LogP contribution in [0.2, 0.25) is 0 Å². The summed E-state index contributed by atoms with van der Waals surface area (Å²) >= 11 is 0. The Kier molecular flexibility index (Phi) is 3.85. The van der Waals surface area contributed by atoms with E-state index < -0.39 is 0 Å². The Hall–Kier alpha value is -2.47. The molecular formula is C20H23N5O. The summed E-state index contributed by atoms with van der Waals surface area (Å²) in [7, 11) is 0. The molecule has 0 radical (unpaired) electrons. The lowest BCUT2D eigenvalue weighted by molar-refractivity contribution is 0.0711. The van der Waals surface area contributed by atoms with Crippen molar-refractivity contribution in [3.05, 3.63) is 60.0 Å². The van der Waals surface area contributed by atoms with E-state index in [1.807, 2.05) is 16.9 Å². The van der Waals surface area contributed by atoms with E-state index in [0.29, 0.717) is 6.42 Å². The SMILES string of the molecule is c1cnn(-c2ccc(Cc3noc(C45CCCN(CCC4)C5)n3)cc2)c1. The molecular weight excluding hydrogens is 326 g/mol. The smallest absolute Gasteiger partial charge is 0.234 e. The van der Waals surface area contributed by atoms with Crippen LogP contribution >= 0.6 is 0 Å². The van der Waals surface area contributed by atoms with E-state index in [1.165, 1.54) is 44.3 Å². The van der Waals surface area contributed by atoms with Gasteiger partial charge in [-0.3, -0.25) is 0 Å². The Morgan fingerprint density at radius 2 is 1.88 bits per heavy atom. The molecule has 0 unspecified atom stereocenters. The van der Waals surface area contributed by atoms with Crippen molar-refractivity contribution in [2.24, 2.45) is 0 Å². The molecule has 4 heterocycles. The van der Waals surface area contributed by atoms with Gasteiger partial charge in [0.15, 0.2) is 5.82 Å². The fraction of sp³-hybridized carbons (Fsp3) is 0.450. The van der Waals surface area contributed by atoms with E-state index in [0.717, 1.165) is 23.9 Å². The highest BCUT2D eigenvalue weighted by Crippen LogP contribution is 2.40. The molecule has 0 spiro atoms. The third-order valence-corrected chi connectivity index (χ3v) is 5.77. The Morgan fingerprint density at radius 3 is 2.62 bits per heavy atom. The lowest BCUT2D eigenvalue weighted by atomic mass is 9.73. The zero-order valence-electron chi connectivity index (χ0n) is 14.8. The van der Waals surface area contributed by atoms with Crippen LogP contribution in [0.15, 0.2) is 47.2 Å². The molecule has 0 N–H and O–H groups in total. The van der Waals surface area contributed by atoms with Gasteiger partial charge in [-0.2, -0.15) is 10.1 Å². The number of aromatic nitrogens is 4. The summed E-state index contributed by atoms with van der Waals surface area (Å²) in [6.07, 6.45) is 9.22. The first-order valence-electron chi connectivity index (χ1n) is 9.45. The van der Waals surface area contributed by atoms with Crippen molar-refractivity contribution < 1.29 is 4.52 Å². The summed E-state index contributed by atoms with van der Waals surface area (Å²) in [4.78, 5) is 7.34. The monoisotopic (exact) mass is 349 g/mol. The summed E-state index contributed by atoms with van der Waals surface area (Å²) in [5, 5.41) is 8.54. The first-order chi connectivity index (χ1) is 12.8. The highest BCUT2D eigenvalue weighted by atomic mass is 16.5. The Balaban J connectivity index is 1.33. The van der Waals surface area contributed by atoms with Crippen molar-refractivity contribution in [3.63, 3.8) is 0 Å². The molecule has 2 fully saturated rings. The predicted molar refractivity (Wildman–Crippen MR) is 97.3 cm³/mol. The van der Waals surface area contributed by atoms with E-state index in [1.54, 1.807) is 6.20 Å². The lowest BCUT2D eigenvalue weighted by Crippen LogP contribution is -2.50. The van der Waals surface area contributed by atoms with E-state index in [2.05, 4.69) is 39.4 Å². The quantitative estimate of drug-likeness (QED) is 0.725. The predicted octanol–water partition coefficient (Wildman–Crippen LogP) is 2.97. The first-order valence-corrected chi connectivity index (χ1v) is 9.45. The van der Waals surface area contributed by atoms with Crippen molar-refractivity contribution in [1.29, 1.82) is 0 Å². The van der Waals surface area contributed by atoms with Crippen molar-refractivity contribution in [1.82, 2.24) is 24.8 Å². The first kappa shape index (κ1) is 15.8. The Morgan fingerprint density at radius 1 is 1.08 bits per heavy atom. The van der Waals surface area contributed by atoms with Crippen LogP contribution in [0, 0.1) is 0 Å². The van der Waals surface area contributed by atoms with E-state index >= 15 is 0 Å². The van der Waals surface area contributed by atoms with Crippen LogP contribution in [0.1, 0.15) is 43.0 Å². The molecule has 0 atom stereocenters. The molecule has 2 bridgehead atoms. The van der Waals surface area contributed by atoms with Crippen molar-refractivity contribution in [2.45, 2.75) is 37.5 Å². The molecule has 2 aliphatic rings. The number of nitrogens with zero attached hydrogens (tertiary/aromatic N) is 5. The maximum absolute atomic E-state index is 5.73. The Labute approximate surface area is 152 Å². The van der Waals surface area contributed by atoms with Gasteiger partial charge in [-0.05, 0) is 62.5 Å². The summed E-state index contributed by atoms with van der Waals surface area (Å²) in [6, 6.07) is 10.3. The van der Waals surface area contributed by atoms with Gasteiger partial charge in [-0.15, -0.1) is 0 Å². The zero-order valence-corrected chi connectivity index (χ0v) is 14.8. The van der Waals surface area contributed by atoms with Crippen LogP contribution < -0.4 is 0 Å². The molecule has 6 nitrogen and oxygen atoms in total. The summed E-state index contributed by atoms with van der Waals surface area (Å²) in [6.45, 7) is 3.50. The Bertz CT molecular complexity index is 858. The van der Waals surface area contributed by atoms with Crippen LogP contribution in [0.25, 0.3) is 5.69 Å². The lowest BCUT2D eigenvalue weighted by Gasteiger charge is -2.44. The molecule has 2 aliphatic heterocycles. The molecule has 26 heavy (non-hydrogen) atoms. The van der Waals surface area contributed by atoms with E-state index in [4.69, 9.17) is 9.51 Å². The van der Waals surface area contributed by atoms with Gasteiger partial charge in [0.25, 0.3) is 0 Å². The molecule has 5 rings (SSSR count). The number of piperidine rings is 2. The normalized spacial score (nSPS) is 25.3. The van der Waals surface area contributed by atoms with Gasteiger partial charge in [-0.25, -0.2) is 4.68 Å². The van der Waals surface area contributed by atoms with Crippen molar-refractivity contribution >= 4 is 0 Å². The molecule has 2 saturated heterocycles. The van der Waals surface area contributed by atoms with E-state index in [9.17, 15) is 0 Å². The van der Waals surface area contributed by atoms with Gasteiger partial charge in [0.05, 0.1) is 11.1 Å². The van der Waals surface area contributed by atoms with Gasteiger partial charge in [0, 0.05) is 25.4 Å². The van der Waals surface area contributed by atoms with Crippen LogP contribution in [0.5, 0.6) is 0 Å². The maximum atomic E-state index is 5.73. The fourth-order valence-electron chi connectivity index (χ4n) is 4.46. The molecule has 6 heteroatoms. The summed E-state index contributed by atoms with van der Waals surface area (Å²) in [5.74, 6) is 1.63. The van der Waals surface area contributed by atoms with Gasteiger partial charge >= 0.3 is 0 Å².